The monoisotopic (exact) mass is 410 g/mol. The highest BCUT2D eigenvalue weighted by Crippen LogP contribution is 2.19. The summed E-state index contributed by atoms with van der Waals surface area (Å²) in [7, 11) is 2.00. The molecule has 1 atom stereocenters. The van der Waals surface area contributed by atoms with Gasteiger partial charge in [-0.25, -0.2) is 4.98 Å². The van der Waals surface area contributed by atoms with Crippen LogP contribution >= 0.6 is 0 Å². The lowest BCUT2D eigenvalue weighted by molar-refractivity contribution is -0.125. The van der Waals surface area contributed by atoms with Gasteiger partial charge < -0.3 is 19.1 Å². The number of hydrogen-bond acceptors (Lipinski definition) is 7. The number of likely N-dealkylation sites (N-methyl/N-ethyl adjacent to an activating group) is 1. The summed E-state index contributed by atoms with van der Waals surface area (Å²) in [5.41, 5.74) is 2.87. The highest BCUT2D eigenvalue weighted by Gasteiger charge is 2.27. The van der Waals surface area contributed by atoms with Crippen LogP contribution in [0.25, 0.3) is 11.3 Å². The largest absolute Gasteiger partial charge is 0.444 e. The van der Waals surface area contributed by atoms with Crippen molar-refractivity contribution >= 4 is 12.2 Å². The average molecular weight is 410 g/mol. The van der Waals surface area contributed by atoms with Crippen molar-refractivity contribution in [1.29, 1.82) is 0 Å². The fourth-order valence-electron chi connectivity index (χ4n) is 3.29. The molecule has 0 spiro atoms. The highest BCUT2D eigenvalue weighted by atomic mass is 16.5. The van der Waals surface area contributed by atoms with E-state index in [1.807, 2.05) is 38.2 Å². The van der Waals surface area contributed by atoms with Gasteiger partial charge in [0.15, 0.2) is 12.2 Å². The molecule has 1 aromatic carbocycles. The number of carbonyl (C=O) groups excluding carboxylic acids is 2. The van der Waals surface area contributed by atoms with E-state index in [4.69, 9.17) is 8.94 Å². The molecule has 2 aromatic heterocycles. The molecule has 0 radical (unpaired) electrons. The summed E-state index contributed by atoms with van der Waals surface area (Å²) in [6.45, 7) is 3.38. The van der Waals surface area contributed by atoms with E-state index in [-0.39, 0.29) is 11.9 Å². The molecule has 0 aliphatic carbocycles. The Labute approximate surface area is 175 Å². The zero-order valence-electron chi connectivity index (χ0n) is 17.2. The second-order valence-corrected chi connectivity index (χ2v) is 7.22. The number of nitrogens with one attached hydrogen (secondary N) is 1. The Morgan fingerprint density at radius 3 is 2.70 bits per heavy atom. The Morgan fingerprint density at radius 1 is 1.33 bits per heavy atom. The minimum absolute atomic E-state index is 0.0264. The summed E-state index contributed by atoms with van der Waals surface area (Å²) in [4.78, 5) is 28.0. The van der Waals surface area contributed by atoms with Gasteiger partial charge in [0.05, 0.1) is 24.4 Å². The number of carbonyl (C=O) groups is 2. The predicted octanol–water partition coefficient (Wildman–Crippen LogP) is 2.78. The van der Waals surface area contributed by atoms with Crippen LogP contribution in [-0.2, 0) is 22.6 Å². The van der Waals surface area contributed by atoms with Crippen LogP contribution in [0.15, 0.2) is 51.9 Å². The summed E-state index contributed by atoms with van der Waals surface area (Å²) >= 11 is 0. The Hall–Kier alpha value is -3.26. The third-order valence-electron chi connectivity index (χ3n) is 4.92. The van der Waals surface area contributed by atoms with E-state index in [1.54, 1.807) is 12.3 Å². The first-order chi connectivity index (χ1) is 14.6. The van der Waals surface area contributed by atoms with Crippen molar-refractivity contribution in [3.05, 3.63) is 59.9 Å². The van der Waals surface area contributed by atoms with Crippen molar-refractivity contribution in [3.8, 4) is 11.3 Å². The van der Waals surface area contributed by atoms with Gasteiger partial charge in [-0.2, -0.15) is 0 Å². The summed E-state index contributed by atoms with van der Waals surface area (Å²) < 4.78 is 9.97. The van der Waals surface area contributed by atoms with Crippen LogP contribution in [-0.4, -0.2) is 46.9 Å². The summed E-state index contributed by atoms with van der Waals surface area (Å²) in [5, 5.41) is 6.61. The van der Waals surface area contributed by atoms with E-state index in [2.05, 4.69) is 20.4 Å². The van der Waals surface area contributed by atoms with E-state index in [0.29, 0.717) is 18.7 Å². The first-order valence-corrected chi connectivity index (χ1v) is 9.88. The number of aldehydes is 1. The van der Waals surface area contributed by atoms with E-state index >= 15 is 0 Å². The molecule has 30 heavy (non-hydrogen) atoms. The van der Waals surface area contributed by atoms with Gasteiger partial charge in [-0.3, -0.25) is 9.69 Å². The zero-order valence-corrected chi connectivity index (χ0v) is 17.2. The number of hydrogen-bond donors (Lipinski definition) is 1. The molecule has 4 rings (SSSR count). The van der Waals surface area contributed by atoms with Crippen molar-refractivity contribution < 1.29 is 18.5 Å². The van der Waals surface area contributed by atoms with Gasteiger partial charge in [-0.05, 0) is 38.9 Å². The molecule has 1 aliphatic rings. The van der Waals surface area contributed by atoms with Crippen LogP contribution in [0.1, 0.15) is 29.9 Å². The molecule has 1 unspecified atom stereocenters. The third-order valence-corrected chi connectivity index (χ3v) is 4.92. The Kier molecular flexibility index (Phi) is 7.51. The van der Waals surface area contributed by atoms with Gasteiger partial charge in [0.25, 0.3) is 0 Å². The van der Waals surface area contributed by atoms with Crippen LogP contribution in [0.2, 0.25) is 0 Å². The van der Waals surface area contributed by atoms with Crippen molar-refractivity contribution in [1.82, 2.24) is 20.4 Å². The lowest BCUT2D eigenvalue weighted by Crippen LogP contribution is -2.41. The van der Waals surface area contributed by atoms with E-state index in [1.165, 1.54) is 6.39 Å². The molecular formula is C22H26N4O4. The molecule has 0 bridgehead atoms. The van der Waals surface area contributed by atoms with Crippen molar-refractivity contribution in [2.45, 2.75) is 38.8 Å². The first-order valence-electron chi connectivity index (χ1n) is 9.88. The second kappa shape index (κ2) is 10.5. The number of amides is 1. The second-order valence-electron chi connectivity index (χ2n) is 7.22. The topological polar surface area (TPSA) is 101 Å². The molecule has 8 nitrogen and oxygen atoms in total. The zero-order chi connectivity index (χ0) is 21.3. The standard InChI is InChI=1S/C16H19N3O2.C6H7NO2/c1-19-8-2-3-14(19)16(20)18-9-12-4-6-13(7-5-12)15-10-17-11-21-15;1-5-4-6(2-3-8)9-7-5/h4-7,10-11,14H,2-3,8-9H2,1H3,(H,18,20);3-4H,2H2,1H3. The van der Waals surface area contributed by atoms with E-state index < -0.39 is 0 Å². The number of nitrogens with zero attached hydrogens (tertiary/aromatic N) is 3. The van der Waals surface area contributed by atoms with Crippen molar-refractivity contribution in [3.63, 3.8) is 0 Å². The molecule has 1 aliphatic heterocycles. The SMILES string of the molecule is CN1CCCC1C(=O)NCc1ccc(-c2cnco2)cc1.Cc1cc(CC=O)on1. The maximum absolute atomic E-state index is 12.1. The average Bonchev–Trinajstić information content (AvgIpc) is 3.50. The predicted molar refractivity (Wildman–Crippen MR) is 110 cm³/mol. The molecule has 158 valence electrons. The quantitative estimate of drug-likeness (QED) is 0.624. The number of oxazole rings is 1. The lowest BCUT2D eigenvalue weighted by Gasteiger charge is -2.18. The highest BCUT2D eigenvalue weighted by molar-refractivity contribution is 5.82. The number of likely N-dealkylation sites (tertiary alicyclic amines) is 1. The van der Waals surface area contributed by atoms with Crippen LogP contribution in [0.3, 0.4) is 0 Å². The number of aryl methyl sites for hydroxylation is 1. The summed E-state index contributed by atoms with van der Waals surface area (Å²) in [6, 6.07) is 9.72. The fourth-order valence-corrected chi connectivity index (χ4v) is 3.29. The summed E-state index contributed by atoms with van der Waals surface area (Å²) in [5.74, 6) is 1.50. The smallest absolute Gasteiger partial charge is 0.237 e. The van der Waals surface area contributed by atoms with Crippen LogP contribution in [0, 0.1) is 6.92 Å². The van der Waals surface area contributed by atoms with Crippen LogP contribution < -0.4 is 5.32 Å². The molecule has 1 amide bonds. The van der Waals surface area contributed by atoms with Crippen LogP contribution in [0.4, 0.5) is 0 Å². The van der Waals surface area contributed by atoms with E-state index in [9.17, 15) is 9.59 Å². The molecular weight excluding hydrogens is 384 g/mol. The van der Waals surface area contributed by atoms with Gasteiger partial charge in [0, 0.05) is 18.2 Å². The lowest BCUT2D eigenvalue weighted by atomic mass is 10.1. The normalized spacial score (nSPS) is 16.0. The van der Waals surface area contributed by atoms with Crippen molar-refractivity contribution in [2.24, 2.45) is 0 Å². The molecule has 1 saturated heterocycles. The van der Waals surface area contributed by atoms with Crippen LogP contribution in [0.5, 0.6) is 0 Å². The molecule has 0 saturated carbocycles. The van der Waals surface area contributed by atoms with E-state index in [0.717, 1.165) is 48.3 Å². The number of aromatic nitrogens is 2. The maximum atomic E-state index is 12.1. The number of rotatable bonds is 6. The molecule has 3 aromatic rings. The van der Waals surface area contributed by atoms with Gasteiger partial charge in [0.2, 0.25) is 5.91 Å². The first kappa shape index (κ1) is 21.4. The molecule has 1 fully saturated rings. The Balaban J connectivity index is 0.000000239. The third kappa shape index (κ3) is 5.87. The minimum Gasteiger partial charge on any atom is -0.444 e. The van der Waals surface area contributed by atoms with Crippen molar-refractivity contribution in [2.75, 3.05) is 13.6 Å². The summed E-state index contributed by atoms with van der Waals surface area (Å²) in [6.07, 6.45) is 6.27. The maximum Gasteiger partial charge on any atom is 0.237 e. The molecule has 3 heterocycles. The molecule has 8 heteroatoms. The van der Waals surface area contributed by atoms with Gasteiger partial charge in [-0.1, -0.05) is 29.4 Å². The minimum atomic E-state index is 0.0264. The molecule has 1 N–H and O–H groups in total. The number of benzene rings is 1. The van der Waals surface area contributed by atoms with Gasteiger partial charge in [-0.15, -0.1) is 0 Å². The Bertz CT molecular complexity index is 934. The Morgan fingerprint density at radius 2 is 2.13 bits per heavy atom. The van der Waals surface area contributed by atoms with Gasteiger partial charge >= 0.3 is 0 Å². The van der Waals surface area contributed by atoms with Gasteiger partial charge in [0.1, 0.15) is 12.0 Å². The fraction of sp³-hybridized carbons (Fsp3) is 0.364.